The number of hydrogen-bond donors (Lipinski definition) is 3. The fourth-order valence-corrected chi connectivity index (χ4v) is 2.03. The van der Waals surface area contributed by atoms with Gasteiger partial charge in [0.25, 0.3) is 5.91 Å². The Labute approximate surface area is 115 Å². The summed E-state index contributed by atoms with van der Waals surface area (Å²) in [6.07, 6.45) is -0.139. The van der Waals surface area contributed by atoms with Crippen LogP contribution in [0.1, 0.15) is 27.3 Å². The van der Waals surface area contributed by atoms with E-state index >= 15 is 0 Å². The Hall–Kier alpha value is -2.63. The number of nitrogens with one attached hydrogen (secondary N) is 2. The second-order valence-corrected chi connectivity index (χ2v) is 4.49. The van der Waals surface area contributed by atoms with E-state index < -0.39 is 5.97 Å². The standard InChI is InChI=1S/C14H15N3O3/c1-8-13(9(2)17-16-8)14(20)15-11-6-4-3-5-10(11)7-12(18)19/h3-6H,7H2,1-2H3,(H,15,20)(H,16,17)(H,18,19). The minimum absolute atomic E-state index is 0.139. The first-order valence-corrected chi connectivity index (χ1v) is 6.11. The lowest BCUT2D eigenvalue weighted by Gasteiger charge is -2.09. The number of carbonyl (C=O) groups excluding carboxylic acids is 1. The second kappa shape index (κ2) is 5.56. The average molecular weight is 273 g/mol. The van der Waals surface area contributed by atoms with Crippen molar-refractivity contribution in [3.8, 4) is 0 Å². The lowest BCUT2D eigenvalue weighted by Crippen LogP contribution is -2.15. The molecule has 0 fully saturated rings. The van der Waals surface area contributed by atoms with Gasteiger partial charge in [-0.25, -0.2) is 0 Å². The Bertz CT molecular complexity index is 642. The number of aryl methyl sites for hydroxylation is 2. The van der Waals surface area contributed by atoms with Crippen molar-refractivity contribution in [2.24, 2.45) is 0 Å². The van der Waals surface area contributed by atoms with Gasteiger partial charge < -0.3 is 10.4 Å². The highest BCUT2D eigenvalue weighted by atomic mass is 16.4. The highest BCUT2D eigenvalue weighted by Gasteiger charge is 2.16. The SMILES string of the molecule is Cc1n[nH]c(C)c1C(=O)Nc1ccccc1CC(=O)O. The number of H-pyrrole nitrogens is 1. The van der Waals surface area contributed by atoms with Crippen LogP contribution in [0.4, 0.5) is 5.69 Å². The van der Waals surface area contributed by atoms with Crippen LogP contribution in [0.15, 0.2) is 24.3 Å². The number of hydrogen-bond acceptors (Lipinski definition) is 3. The van der Waals surface area contributed by atoms with Gasteiger partial charge in [0, 0.05) is 11.4 Å². The molecule has 1 amide bonds. The van der Waals surface area contributed by atoms with Crippen molar-refractivity contribution in [3.63, 3.8) is 0 Å². The minimum Gasteiger partial charge on any atom is -0.481 e. The maximum atomic E-state index is 12.2. The molecular formula is C14H15N3O3. The van der Waals surface area contributed by atoms with E-state index in [9.17, 15) is 9.59 Å². The number of carboxylic acid groups (broad SMARTS) is 1. The summed E-state index contributed by atoms with van der Waals surface area (Å²) >= 11 is 0. The van der Waals surface area contributed by atoms with Crippen molar-refractivity contribution in [1.82, 2.24) is 10.2 Å². The van der Waals surface area contributed by atoms with Gasteiger partial charge in [0.05, 0.1) is 17.7 Å². The summed E-state index contributed by atoms with van der Waals surface area (Å²) in [7, 11) is 0. The van der Waals surface area contributed by atoms with Crippen molar-refractivity contribution in [2.45, 2.75) is 20.3 Å². The molecule has 3 N–H and O–H groups in total. The van der Waals surface area contributed by atoms with Gasteiger partial charge in [0.2, 0.25) is 0 Å². The number of nitrogens with zero attached hydrogens (tertiary/aromatic N) is 1. The molecule has 0 aliphatic rings. The summed E-state index contributed by atoms with van der Waals surface area (Å²) in [5, 5.41) is 18.3. The van der Waals surface area contributed by atoms with Gasteiger partial charge in [-0.15, -0.1) is 0 Å². The van der Waals surface area contributed by atoms with Gasteiger partial charge in [-0.2, -0.15) is 5.10 Å². The van der Waals surface area contributed by atoms with E-state index in [0.29, 0.717) is 28.2 Å². The molecule has 6 nitrogen and oxygen atoms in total. The van der Waals surface area contributed by atoms with Crippen LogP contribution < -0.4 is 5.32 Å². The third-order valence-electron chi connectivity index (χ3n) is 2.96. The number of amides is 1. The van der Waals surface area contributed by atoms with E-state index in [1.54, 1.807) is 38.1 Å². The Morgan fingerprint density at radius 3 is 2.60 bits per heavy atom. The molecule has 0 unspecified atom stereocenters. The highest BCUT2D eigenvalue weighted by molar-refractivity contribution is 6.06. The summed E-state index contributed by atoms with van der Waals surface area (Å²) < 4.78 is 0. The number of rotatable bonds is 4. The molecule has 1 heterocycles. The largest absolute Gasteiger partial charge is 0.481 e. The van der Waals surface area contributed by atoms with Crippen LogP contribution in [0.3, 0.4) is 0 Å². The van der Waals surface area contributed by atoms with Gasteiger partial charge >= 0.3 is 5.97 Å². The first-order chi connectivity index (χ1) is 9.49. The summed E-state index contributed by atoms with van der Waals surface area (Å²) in [5.41, 5.74) is 2.83. The second-order valence-electron chi connectivity index (χ2n) is 4.49. The first kappa shape index (κ1) is 13.8. The van der Waals surface area contributed by atoms with Crippen LogP contribution in [-0.4, -0.2) is 27.2 Å². The molecule has 0 atom stereocenters. The average Bonchev–Trinajstić information content (AvgIpc) is 2.71. The Balaban J connectivity index is 2.26. The van der Waals surface area contributed by atoms with E-state index in [-0.39, 0.29) is 12.3 Å². The van der Waals surface area contributed by atoms with Gasteiger partial charge in [-0.1, -0.05) is 18.2 Å². The molecule has 0 aliphatic carbocycles. The Morgan fingerprint density at radius 2 is 2.00 bits per heavy atom. The van der Waals surface area contributed by atoms with Crippen LogP contribution in [-0.2, 0) is 11.2 Å². The number of aromatic amines is 1. The minimum atomic E-state index is -0.942. The number of anilines is 1. The lowest BCUT2D eigenvalue weighted by atomic mass is 10.1. The topological polar surface area (TPSA) is 95.1 Å². The fourth-order valence-electron chi connectivity index (χ4n) is 2.03. The molecule has 0 saturated heterocycles. The molecule has 2 aromatic rings. The van der Waals surface area contributed by atoms with Crippen LogP contribution in [0, 0.1) is 13.8 Å². The third kappa shape index (κ3) is 2.85. The number of carboxylic acids is 1. The van der Waals surface area contributed by atoms with E-state index in [1.165, 1.54) is 0 Å². The van der Waals surface area contributed by atoms with E-state index in [0.717, 1.165) is 0 Å². The predicted molar refractivity (Wildman–Crippen MR) is 73.8 cm³/mol. The molecular weight excluding hydrogens is 258 g/mol. The van der Waals surface area contributed by atoms with Gasteiger partial charge in [-0.05, 0) is 25.5 Å². The van der Waals surface area contributed by atoms with Crippen molar-refractivity contribution in [3.05, 3.63) is 46.8 Å². The van der Waals surface area contributed by atoms with E-state index in [4.69, 9.17) is 5.11 Å². The molecule has 0 saturated carbocycles. The molecule has 2 rings (SSSR count). The summed E-state index contributed by atoms with van der Waals surface area (Å²) in [4.78, 5) is 23.1. The zero-order valence-corrected chi connectivity index (χ0v) is 11.2. The first-order valence-electron chi connectivity index (χ1n) is 6.11. The zero-order valence-electron chi connectivity index (χ0n) is 11.2. The molecule has 1 aromatic heterocycles. The van der Waals surface area contributed by atoms with Crippen LogP contribution >= 0.6 is 0 Å². The maximum absolute atomic E-state index is 12.2. The van der Waals surface area contributed by atoms with Gasteiger partial charge in [-0.3, -0.25) is 14.7 Å². The number of aliphatic carboxylic acids is 1. The molecule has 1 aromatic carbocycles. The monoisotopic (exact) mass is 273 g/mol. The summed E-state index contributed by atoms with van der Waals surface area (Å²) in [6.45, 7) is 3.50. The van der Waals surface area contributed by atoms with Crippen LogP contribution in [0.5, 0.6) is 0 Å². The van der Waals surface area contributed by atoms with Gasteiger partial charge in [0.1, 0.15) is 0 Å². The van der Waals surface area contributed by atoms with Crippen molar-refractivity contribution >= 4 is 17.6 Å². The molecule has 6 heteroatoms. The van der Waals surface area contributed by atoms with Crippen LogP contribution in [0.25, 0.3) is 0 Å². The highest BCUT2D eigenvalue weighted by Crippen LogP contribution is 2.18. The van der Waals surface area contributed by atoms with Gasteiger partial charge in [0.15, 0.2) is 0 Å². The molecule has 0 spiro atoms. The number of benzene rings is 1. The number of aromatic nitrogens is 2. The van der Waals surface area contributed by atoms with E-state index in [2.05, 4.69) is 15.5 Å². The summed E-state index contributed by atoms with van der Waals surface area (Å²) in [6, 6.07) is 6.85. The van der Waals surface area contributed by atoms with E-state index in [1.807, 2.05) is 0 Å². The molecule has 104 valence electrons. The third-order valence-corrected chi connectivity index (χ3v) is 2.96. The van der Waals surface area contributed by atoms with Crippen molar-refractivity contribution in [1.29, 1.82) is 0 Å². The zero-order chi connectivity index (χ0) is 14.7. The Kier molecular flexibility index (Phi) is 3.84. The van der Waals surface area contributed by atoms with Crippen LogP contribution in [0.2, 0.25) is 0 Å². The normalized spacial score (nSPS) is 10.3. The molecule has 20 heavy (non-hydrogen) atoms. The van der Waals surface area contributed by atoms with Crippen molar-refractivity contribution < 1.29 is 14.7 Å². The smallest absolute Gasteiger partial charge is 0.307 e. The summed E-state index contributed by atoms with van der Waals surface area (Å²) in [5.74, 6) is -1.24. The van der Waals surface area contributed by atoms with Crippen molar-refractivity contribution in [2.75, 3.05) is 5.32 Å². The number of carbonyl (C=O) groups is 2. The Morgan fingerprint density at radius 1 is 1.30 bits per heavy atom. The number of para-hydroxylation sites is 1. The predicted octanol–water partition coefficient (Wildman–Crippen LogP) is 1.91. The molecule has 0 aliphatic heterocycles. The maximum Gasteiger partial charge on any atom is 0.307 e. The lowest BCUT2D eigenvalue weighted by molar-refractivity contribution is -0.136. The fraction of sp³-hybridized carbons (Fsp3) is 0.214. The molecule has 0 bridgehead atoms. The quantitative estimate of drug-likeness (QED) is 0.793. The molecule has 0 radical (unpaired) electrons.